The van der Waals surface area contributed by atoms with Crippen LogP contribution in [0.2, 0.25) is 0 Å². The Balaban J connectivity index is 2.84. The number of Topliss-reactive ketones (excluding diaryl/α,β-unsaturated/α-hetero) is 1. The van der Waals surface area contributed by atoms with Gasteiger partial charge in [-0.3, -0.25) is 9.78 Å². The number of nitrogens with two attached hydrogens (primary N) is 1. The highest BCUT2D eigenvalue weighted by molar-refractivity contribution is 5.86. The number of halogens is 1. The van der Waals surface area contributed by atoms with Crippen LogP contribution < -0.4 is 5.73 Å². The molecule has 0 spiro atoms. The second-order valence-electron chi connectivity index (χ2n) is 3.53. The van der Waals surface area contributed by atoms with E-state index in [0.29, 0.717) is 5.69 Å². The van der Waals surface area contributed by atoms with E-state index < -0.39 is 18.0 Å². The molecule has 0 bridgehead atoms. The number of pyridine rings is 1. The molecule has 1 atom stereocenters. The molecular formula is C10H13FN2O2. The fourth-order valence-corrected chi connectivity index (χ4v) is 1.11. The van der Waals surface area contributed by atoms with Gasteiger partial charge < -0.3 is 10.8 Å². The molecule has 4 nitrogen and oxygen atoms in total. The quantitative estimate of drug-likeness (QED) is 0.765. The summed E-state index contributed by atoms with van der Waals surface area (Å²) in [6.45, 7) is 0.324. The van der Waals surface area contributed by atoms with E-state index in [1.165, 1.54) is 25.3 Å². The highest BCUT2D eigenvalue weighted by Crippen LogP contribution is 2.13. The molecule has 0 aliphatic rings. The zero-order valence-electron chi connectivity index (χ0n) is 8.40. The van der Waals surface area contributed by atoms with Crippen LogP contribution in [0.3, 0.4) is 0 Å². The molecule has 1 aromatic rings. The third-order valence-electron chi connectivity index (χ3n) is 2.25. The summed E-state index contributed by atoms with van der Waals surface area (Å²) in [6, 6.07) is 2.93. The van der Waals surface area contributed by atoms with Crippen LogP contribution in [-0.4, -0.2) is 28.1 Å². The maximum Gasteiger partial charge on any atom is 0.152 e. The standard InChI is InChI=1S/C10H13FN2O2/c1-7(14)10(12,6-11)4-8-2-3-9(15)5-13-8/h2-3,5,15H,4,6,12H2,1H3/t10-/m1/s1. The smallest absolute Gasteiger partial charge is 0.152 e. The zero-order chi connectivity index (χ0) is 11.5. The van der Waals surface area contributed by atoms with Crippen LogP contribution in [0.15, 0.2) is 18.3 Å². The maximum absolute atomic E-state index is 12.6. The molecule has 5 heteroatoms. The minimum Gasteiger partial charge on any atom is -0.506 e. The molecule has 82 valence electrons. The molecule has 1 heterocycles. The first-order chi connectivity index (χ1) is 6.98. The Kier molecular flexibility index (Phi) is 3.36. The average Bonchev–Trinajstić information content (AvgIpc) is 2.21. The van der Waals surface area contributed by atoms with Gasteiger partial charge in [-0.1, -0.05) is 0 Å². The van der Waals surface area contributed by atoms with Gasteiger partial charge in [-0.05, 0) is 19.1 Å². The lowest BCUT2D eigenvalue weighted by Gasteiger charge is -2.22. The van der Waals surface area contributed by atoms with Crippen LogP contribution in [0.5, 0.6) is 5.75 Å². The van der Waals surface area contributed by atoms with E-state index in [-0.39, 0.29) is 12.2 Å². The minimum absolute atomic E-state index is 0.0180. The Morgan fingerprint density at radius 2 is 2.33 bits per heavy atom. The van der Waals surface area contributed by atoms with Crippen molar-refractivity contribution in [3.8, 4) is 5.75 Å². The number of aromatic hydroxyl groups is 1. The highest BCUT2D eigenvalue weighted by Gasteiger charge is 2.31. The molecule has 0 amide bonds. The number of aromatic nitrogens is 1. The molecule has 0 saturated heterocycles. The molecule has 0 radical (unpaired) electrons. The van der Waals surface area contributed by atoms with Crippen molar-refractivity contribution in [2.75, 3.05) is 6.67 Å². The van der Waals surface area contributed by atoms with Gasteiger partial charge in [0, 0.05) is 12.1 Å². The van der Waals surface area contributed by atoms with Crippen molar-refractivity contribution in [3.05, 3.63) is 24.0 Å². The first-order valence-electron chi connectivity index (χ1n) is 4.48. The van der Waals surface area contributed by atoms with Gasteiger partial charge >= 0.3 is 0 Å². The topological polar surface area (TPSA) is 76.2 Å². The SMILES string of the molecule is CC(=O)[C@](N)(CF)Cc1ccc(O)cn1. The predicted molar refractivity (Wildman–Crippen MR) is 53.2 cm³/mol. The third kappa shape index (κ3) is 2.73. The van der Waals surface area contributed by atoms with Crippen LogP contribution >= 0.6 is 0 Å². The van der Waals surface area contributed by atoms with Crippen molar-refractivity contribution >= 4 is 5.78 Å². The number of hydrogen-bond donors (Lipinski definition) is 2. The molecule has 3 N–H and O–H groups in total. The van der Waals surface area contributed by atoms with E-state index in [2.05, 4.69) is 4.98 Å². The van der Waals surface area contributed by atoms with Gasteiger partial charge in [0.05, 0.1) is 6.20 Å². The number of hydrogen-bond acceptors (Lipinski definition) is 4. The van der Waals surface area contributed by atoms with Crippen molar-refractivity contribution in [2.45, 2.75) is 18.9 Å². The van der Waals surface area contributed by atoms with Gasteiger partial charge in [0.1, 0.15) is 18.0 Å². The second-order valence-corrected chi connectivity index (χ2v) is 3.53. The fraction of sp³-hybridized carbons (Fsp3) is 0.400. The summed E-state index contributed by atoms with van der Waals surface area (Å²) in [4.78, 5) is 15.0. The van der Waals surface area contributed by atoms with Crippen LogP contribution in [0, 0.1) is 0 Å². The van der Waals surface area contributed by atoms with Gasteiger partial charge in [0.25, 0.3) is 0 Å². The second kappa shape index (κ2) is 4.35. The van der Waals surface area contributed by atoms with Gasteiger partial charge in [0.2, 0.25) is 0 Å². The van der Waals surface area contributed by atoms with Crippen molar-refractivity contribution in [2.24, 2.45) is 5.73 Å². The van der Waals surface area contributed by atoms with E-state index in [1.54, 1.807) is 0 Å². The summed E-state index contributed by atoms with van der Waals surface area (Å²) < 4.78 is 12.6. The van der Waals surface area contributed by atoms with E-state index in [4.69, 9.17) is 10.8 Å². The Morgan fingerprint density at radius 1 is 1.67 bits per heavy atom. The Morgan fingerprint density at radius 3 is 2.73 bits per heavy atom. The molecule has 0 aromatic carbocycles. The Hall–Kier alpha value is -1.49. The van der Waals surface area contributed by atoms with Crippen LogP contribution in [-0.2, 0) is 11.2 Å². The Bertz CT molecular complexity index is 353. The van der Waals surface area contributed by atoms with E-state index in [0.717, 1.165) is 0 Å². The lowest BCUT2D eigenvalue weighted by Crippen LogP contribution is -2.51. The van der Waals surface area contributed by atoms with Crippen molar-refractivity contribution < 1.29 is 14.3 Å². The Labute approximate surface area is 86.9 Å². The van der Waals surface area contributed by atoms with Crippen LogP contribution in [0.1, 0.15) is 12.6 Å². The molecular weight excluding hydrogens is 199 g/mol. The number of carbonyl (C=O) groups is 1. The molecule has 0 saturated carbocycles. The molecule has 0 aliphatic heterocycles. The molecule has 0 fully saturated rings. The first kappa shape index (κ1) is 11.6. The normalized spacial score (nSPS) is 14.6. The summed E-state index contributed by atoms with van der Waals surface area (Å²) in [5.74, 6) is -0.399. The lowest BCUT2D eigenvalue weighted by molar-refractivity contribution is -0.122. The monoisotopic (exact) mass is 212 g/mol. The summed E-state index contributed by atoms with van der Waals surface area (Å²) in [7, 11) is 0. The molecule has 0 aliphatic carbocycles. The largest absolute Gasteiger partial charge is 0.506 e. The summed E-state index contributed by atoms with van der Waals surface area (Å²) in [5, 5.41) is 8.99. The average molecular weight is 212 g/mol. The summed E-state index contributed by atoms with van der Waals surface area (Å²) in [5.41, 5.74) is 4.55. The summed E-state index contributed by atoms with van der Waals surface area (Å²) >= 11 is 0. The minimum atomic E-state index is -1.51. The van der Waals surface area contributed by atoms with E-state index in [9.17, 15) is 9.18 Å². The number of alkyl halides is 1. The van der Waals surface area contributed by atoms with Gasteiger partial charge in [0.15, 0.2) is 5.78 Å². The zero-order valence-corrected chi connectivity index (χ0v) is 8.40. The number of ketones is 1. The van der Waals surface area contributed by atoms with Crippen molar-refractivity contribution in [3.63, 3.8) is 0 Å². The third-order valence-corrected chi connectivity index (χ3v) is 2.25. The van der Waals surface area contributed by atoms with E-state index >= 15 is 0 Å². The first-order valence-corrected chi connectivity index (χ1v) is 4.48. The molecule has 0 unspecified atom stereocenters. The lowest BCUT2D eigenvalue weighted by atomic mass is 9.92. The van der Waals surface area contributed by atoms with Gasteiger partial charge in [-0.25, -0.2) is 4.39 Å². The molecule has 15 heavy (non-hydrogen) atoms. The van der Waals surface area contributed by atoms with Crippen molar-refractivity contribution in [1.82, 2.24) is 4.98 Å². The highest BCUT2D eigenvalue weighted by atomic mass is 19.1. The number of rotatable bonds is 4. The van der Waals surface area contributed by atoms with Crippen LogP contribution in [0.25, 0.3) is 0 Å². The maximum atomic E-state index is 12.6. The molecule has 1 rings (SSSR count). The summed E-state index contributed by atoms with van der Waals surface area (Å²) in [6.07, 6.45) is 1.26. The molecule has 1 aromatic heterocycles. The predicted octanol–water partition coefficient (Wildman–Crippen LogP) is 0.586. The van der Waals surface area contributed by atoms with Gasteiger partial charge in [-0.2, -0.15) is 0 Å². The number of carbonyl (C=O) groups excluding carboxylic acids is 1. The van der Waals surface area contributed by atoms with Gasteiger partial charge in [-0.15, -0.1) is 0 Å². The van der Waals surface area contributed by atoms with Crippen LogP contribution in [0.4, 0.5) is 4.39 Å². The van der Waals surface area contributed by atoms with E-state index in [1.807, 2.05) is 0 Å². The van der Waals surface area contributed by atoms with Crippen molar-refractivity contribution in [1.29, 1.82) is 0 Å². The fourth-order valence-electron chi connectivity index (χ4n) is 1.11. The number of nitrogens with zero attached hydrogens (tertiary/aromatic N) is 1.